The second-order valence-corrected chi connectivity index (χ2v) is 5.57. The SMILES string of the molecule is Cn1ccn(CC2(CBr)CCCCC2)c1=O. The summed E-state index contributed by atoms with van der Waals surface area (Å²) >= 11 is 3.63. The second kappa shape index (κ2) is 4.78. The highest BCUT2D eigenvalue weighted by molar-refractivity contribution is 9.09. The smallest absolute Gasteiger partial charge is 0.302 e. The lowest BCUT2D eigenvalue weighted by Gasteiger charge is -2.35. The number of aromatic nitrogens is 2. The Morgan fingerprint density at radius 2 is 2.00 bits per heavy atom. The molecular weight excluding hydrogens is 268 g/mol. The fourth-order valence-electron chi connectivity index (χ4n) is 2.63. The van der Waals surface area contributed by atoms with E-state index in [9.17, 15) is 4.79 Å². The lowest BCUT2D eigenvalue weighted by Crippen LogP contribution is -2.35. The summed E-state index contributed by atoms with van der Waals surface area (Å²) in [7, 11) is 1.81. The van der Waals surface area contributed by atoms with E-state index < -0.39 is 0 Å². The zero-order valence-electron chi connectivity index (χ0n) is 9.79. The Labute approximate surface area is 105 Å². The molecule has 0 bridgehead atoms. The third-order valence-corrected chi connectivity index (χ3v) is 4.91. The van der Waals surface area contributed by atoms with Crippen LogP contribution in [-0.4, -0.2) is 14.5 Å². The van der Waals surface area contributed by atoms with Crippen LogP contribution in [0.2, 0.25) is 0 Å². The molecule has 0 aliphatic heterocycles. The van der Waals surface area contributed by atoms with Crippen LogP contribution in [0.3, 0.4) is 0 Å². The zero-order valence-corrected chi connectivity index (χ0v) is 11.4. The molecule has 1 saturated carbocycles. The van der Waals surface area contributed by atoms with E-state index in [4.69, 9.17) is 0 Å². The molecule has 0 spiro atoms. The fourth-order valence-corrected chi connectivity index (χ4v) is 3.37. The van der Waals surface area contributed by atoms with Gasteiger partial charge in [-0.05, 0) is 18.3 Å². The molecule has 0 amide bonds. The minimum atomic E-state index is 0.103. The minimum Gasteiger partial charge on any atom is -0.302 e. The Bertz CT molecular complexity index is 401. The first-order valence-corrected chi connectivity index (χ1v) is 7.07. The van der Waals surface area contributed by atoms with Gasteiger partial charge in [-0.25, -0.2) is 4.79 Å². The van der Waals surface area contributed by atoms with Crippen molar-refractivity contribution < 1.29 is 0 Å². The molecule has 16 heavy (non-hydrogen) atoms. The molecule has 0 N–H and O–H groups in total. The third kappa shape index (κ3) is 2.26. The van der Waals surface area contributed by atoms with Crippen LogP contribution in [0.5, 0.6) is 0 Å². The van der Waals surface area contributed by atoms with E-state index in [1.807, 2.05) is 17.0 Å². The lowest BCUT2D eigenvalue weighted by atomic mass is 9.75. The Morgan fingerprint density at radius 1 is 1.31 bits per heavy atom. The van der Waals surface area contributed by atoms with Crippen LogP contribution < -0.4 is 5.69 Å². The maximum atomic E-state index is 11.8. The normalized spacial score (nSPS) is 19.9. The number of aryl methyl sites for hydroxylation is 1. The Morgan fingerprint density at radius 3 is 2.50 bits per heavy atom. The predicted molar refractivity (Wildman–Crippen MR) is 69.0 cm³/mol. The molecule has 1 aromatic heterocycles. The van der Waals surface area contributed by atoms with Crippen LogP contribution in [0, 0.1) is 5.41 Å². The first kappa shape index (κ1) is 12.0. The molecule has 1 aliphatic carbocycles. The van der Waals surface area contributed by atoms with Crippen molar-refractivity contribution in [3.8, 4) is 0 Å². The van der Waals surface area contributed by atoms with E-state index in [-0.39, 0.29) is 5.69 Å². The highest BCUT2D eigenvalue weighted by atomic mass is 79.9. The first-order valence-electron chi connectivity index (χ1n) is 5.95. The van der Waals surface area contributed by atoms with E-state index in [1.54, 1.807) is 11.6 Å². The van der Waals surface area contributed by atoms with Crippen molar-refractivity contribution in [1.29, 1.82) is 0 Å². The molecule has 0 radical (unpaired) electrons. The van der Waals surface area contributed by atoms with Crippen LogP contribution in [0.1, 0.15) is 32.1 Å². The van der Waals surface area contributed by atoms with E-state index >= 15 is 0 Å². The number of alkyl halides is 1. The highest BCUT2D eigenvalue weighted by Gasteiger charge is 2.31. The van der Waals surface area contributed by atoms with Crippen LogP contribution in [0.4, 0.5) is 0 Å². The average Bonchev–Trinajstić information content (AvgIpc) is 2.62. The van der Waals surface area contributed by atoms with Crippen LogP contribution >= 0.6 is 15.9 Å². The largest absolute Gasteiger partial charge is 0.327 e. The summed E-state index contributed by atoms with van der Waals surface area (Å²) in [5, 5.41) is 1.00. The monoisotopic (exact) mass is 286 g/mol. The maximum absolute atomic E-state index is 11.8. The van der Waals surface area contributed by atoms with Gasteiger partial charge in [-0.15, -0.1) is 0 Å². The van der Waals surface area contributed by atoms with Crippen molar-refractivity contribution in [2.75, 3.05) is 5.33 Å². The van der Waals surface area contributed by atoms with Crippen LogP contribution in [0.25, 0.3) is 0 Å². The molecule has 0 saturated heterocycles. The Balaban J connectivity index is 2.18. The Kier molecular flexibility index (Phi) is 3.57. The molecule has 0 aromatic carbocycles. The molecule has 1 heterocycles. The van der Waals surface area contributed by atoms with Gasteiger partial charge in [0.2, 0.25) is 0 Å². The van der Waals surface area contributed by atoms with E-state index in [2.05, 4.69) is 15.9 Å². The van der Waals surface area contributed by atoms with Crippen molar-refractivity contribution in [3.63, 3.8) is 0 Å². The molecule has 1 aromatic rings. The average molecular weight is 287 g/mol. The molecule has 90 valence electrons. The number of nitrogens with zero attached hydrogens (tertiary/aromatic N) is 2. The van der Waals surface area contributed by atoms with Crippen LogP contribution in [0.15, 0.2) is 17.2 Å². The van der Waals surface area contributed by atoms with Gasteiger partial charge in [-0.1, -0.05) is 35.2 Å². The number of hydrogen-bond acceptors (Lipinski definition) is 1. The van der Waals surface area contributed by atoms with Crippen molar-refractivity contribution in [1.82, 2.24) is 9.13 Å². The quantitative estimate of drug-likeness (QED) is 0.785. The van der Waals surface area contributed by atoms with Gasteiger partial charge in [-0.2, -0.15) is 0 Å². The highest BCUT2D eigenvalue weighted by Crippen LogP contribution is 2.38. The number of halogens is 1. The molecule has 0 atom stereocenters. The maximum Gasteiger partial charge on any atom is 0.327 e. The van der Waals surface area contributed by atoms with Gasteiger partial charge in [0.25, 0.3) is 0 Å². The summed E-state index contributed by atoms with van der Waals surface area (Å²) in [4.78, 5) is 11.8. The molecule has 1 fully saturated rings. The molecule has 2 rings (SSSR count). The van der Waals surface area contributed by atoms with Gasteiger partial charge in [0, 0.05) is 31.3 Å². The lowest BCUT2D eigenvalue weighted by molar-refractivity contribution is 0.189. The van der Waals surface area contributed by atoms with Crippen molar-refractivity contribution in [2.24, 2.45) is 12.5 Å². The van der Waals surface area contributed by atoms with Crippen molar-refractivity contribution in [3.05, 3.63) is 22.9 Å². The summed E-state index contributed by atoms with van der Waals surface area (Å²) in [6, 6.07) is 0. The predicted octanol–water partition coefficient (Wildman–Crippen LogP) is 2.53. The van der Waals surface area contributed by atoms with E-state index in [0.717, 1.165) is 11.9 Å². The van der Waals surface area contributed by atoms with E-state index in [0.29, 0.717) is 5.41 Å². The summed E-state index contributed by atoms with van der Waals surface area (Å²) < 4.78 is 3.50. The van der Waals surface area contributed by atoms with Gasteiger partial charge < -0.3 is 4.57 Å². The van der Waals surface area contributed by atoms with Crippen molar-refractivity contribution >= 4 is 15.9 Å². The molecule has 0 unspecified atom stereocenters. The summed E-state index contributed by atoms with van der Waals surface area (Å²) in [6.45, 7) is 0.859. The standard InChI is InChI=1S/C12H19BrN2O/c1-14-7-8-15(11(14)16)10-12(9-13)5-3-2-4-6-12/h7-8H,2-6,9-10H2,1H3. The first-order chi connectivity index (χ1) is 7.67. The third-order valence-electron chi connectivity index (χ3n) is 3.72. The van der Waals surface area contributed by atoms with Gasteiger partial charge in [0.1, 0.15) is 0 Å². The van der Waals surface area contributed by atoms with E-state index in [1.165, 1.54) is 32.1 Å². The van der Waals surface area contributed by atoms with Gasteiger partial charge in [-0.3, -0.25) is 4.57 Å². The minimum absolute atomic E-state index is 0.103. The molecule has 1 aliphatic rings. The second-order valence-electron chi connectivity index (χ2n) is 5.01. The summed E-state index contributed by atoms with van der Waals surface area (Å²) in [5.74, 6) is 0. The molecular formula is C12H19BrN2O. The zero-order chi connectivity index (χ0) is 11.6. The molecule has 4 heteroatoms. The van der Waals surface area contributed by atoms with Gasteiger partial charge >= 0.3 is 5.69 Å². The molecule has 3 nitrogen and oxygen atoms in total. The van der Waals surface area contributed by atoms with Gasteiger partial charge in [0.05, 0.1) is 0 Å². The summed E-state index contributed by atoms with van der Waals surface area (Å²) in [5.41, 5.74) is 0.398. The number of rotatable bonds is 3. The summed E-state index contributed by atoms with van der Waals surface area (Å²) in [6.07, 6.45) is 10.2. The number of hydrogen-bond donors (Lipinski definition) is 0. The Hall–Kier alpha value is -0.510. The van der Waals surface area contributed by atoms with Gasteiger partial charge in [0.15, 0.2) is 0 Å². The van der Waals surface area contributed by atoms with Crippen molar-refractivity contribution in [2.45, 2.75) is 38.6 Å². The number of imidazole rings is 1. The topological polar surface area (TPSA) is 26.9 Å². The fraction of sp³-hybridized carbons (Fsp3) is 0.750. The van der Waals surface area contributed by atoms with Crippen LogP contribution in [-0.2, 0) is 13.6 Å².